The molecule has 2 aromatic carbocycles. The minimum absolute atomic E-state index is 0.0448. The van der Waals surface area contributed by atoms with Gasteiger partial charge in [-0.1, -0.05) is 42.5 Å². The number of allylic oxidation sites excluding steroid dienone is 1. The molecule has 0 radical (unpaired) electrons. The van der Waals surface area contributed by atoms with E-state index >= 15 is 0 Å². The number of thiocarbonyl (C=S) groups is 1. The van der Waals surface area contributed by atoms with E-state index in [2.05, 4.69) is 10.6 Å². The van der Waals surface area contributed by atoms with Crippen molar-refractivity contribution in [3.05, 3.63) is 77.0 Å². The number of benzene rings is 2. The molecule has 0 saturated carbocycles. The van der Waals surface area contributed by atoms with Crippen LogP contribution in [0.1, 0.15) is 37.9 Å². The van der Waals surface area contributed by atoms with Gasteiger partial charge in [0.15, 0.2) is 5.11 Å². The van der Waals surface area contributed by atoms with E-state index in [-0.39, 0.29) is 25.1 Å². The molecule has 1 aliphatic heterocycles. The quantitative estimate of drug-likeness (QED) is 0.427. The van der Waals surface area contributed by atoms with Crippen LogP contribution < -0.4 is 10.6 Å². The molecule has 1 aliphatic rings. The first-order chi connectivity index (χ1) is 15.9. The van der Waals surface area contributed by atoms with Crippen molar-refractivity contribution in [1.82, 2.24) is 10.2 Å². The number of ether oxygens (including phenoxy) is 2. The van der Waals surface area contributed by atoms with Gasteiger partial charge in [-0.25, -0.2) is 4.79 Å². The van der Waals surface area contributed by atoms with Gasteiger partial charge in [0.1, 0.15) is 6.61 Å². The maximum absolute atomic E-state index is 12.7. The second-order valence-electron chi connectivity index (χ2n) is 7.49. The zero-order chi connectivity index (χ0) is 23.8. The fourth-order valence-electron chi connectivity index (χ4n) is 3.68. The maximum Gasteiger partial charge on any atom is 0.338 e. The van der Waals surface area contributed by atoms with Gasteiger partial charge in [0.2, 0.25) is 5.91 Å². The van der Waals surface area contributed by atoms with Crippen LogP contribution in [0.2, 0.25) is 0 Å². The fourth-order valence-corrected chi connectivity index (χ4v) is 4.06. The predicted molar refractivity (Wildman–Crippen MR) is 131 cm³/mol. The van der Waals surface area contributed by atoms with Crippen LogP contribution in [0.3, 0.4) is 0 Å². The molecule has 1 atom stereocenters. The Kier molecular flexibility index (Phi) is 8.57. The Morgan fingerprint density at radius 3 is 2.42 bits per heavy atom. The van der Waals surface area contributed by atoms with Gasteiger partial charge in [-0.05, 0) is 56.2 Å². The first-order valence-electron chi connectivity index (χ1n) is 10.9. The Bertz CT molecular complexity index is 1020. The number of amides is 1. The zero-order valence-corrected chi connectivity index (χ0v) is 19.9. The lowest BCUT2D eigenvalue weighted by atomic mass is 9.95. The fraction of sp³-hybridized carbons (Fsp3) is 0.320. The monoisotopic (exact) mass is 467 g/mol. The maximum atomic E-state index is 12.7. The van der Waals surface area contributed by atoms with Crippen molar-refractivity contribution >= 4 is 34.9 Å². The number of rotatable bonds is 9. The molecule has 8 heteroatoms. The number of esters is 1. The summed E-state index contributed by atoms with van der Waals surface area (Å²) in [5, 5.41) is 6.63. The average Bonchev–Trinajstić information content (AvgIpc) is 2.80. The molecule has 0 saturated heterocycles. The van der Waals surface area contributed by atoms with Gasteiger partial charge in [0, 0.05) is 17.9 Å². The third-order valence-corrected chi connectivity index (χ3v) is 5.62. The summed E-state index contributed by atoms with van der Waals surface area (Å²) in [6.45, 7) is 6.89. The van der Waals surface area contributed by atoms with Gasteiger partial charge in [-0.2, -0.15) is 0 Å². The lowest BCUT2D eigenvalue weighted by Gasteiger charge is -2.37. The van der Waals surface area contributed by atoms with E-state index < -0.39 is 6.04 Å². The molecule has 0 aromatic heterocycles. The van der Waals surface area contributed by atoms with Crippen molar-refractivity contribution in [3.63, 3.8) is 0 Å². The molecule has 3 rings (SSSR count). The van der Waals surface area contributed by atoms with Crippen molar-refractivity contribution in [3.8, 4) is 0 Å². The van der Waals surface area contributed by atoms with E-state index in [0.29, 0.717) is 29.5 Å². The van der Waals surface area contributed by atoms with Gasteiger partial charge in [0.25, 0.3) is 0 Å². The van der Waals surface area contributed by atoms with E-state index in [1.165, 1.54) is 0 Å². The number of anilines is 1. The molecule has 0 fully saturated rings. The van der Waals surface area contributed by atoms with Crippen LogP contribution in [0.25, 0.3) is 0 Å². The Morgan fingerprint density at radius 1 is 1.09 bits per heavy atom. The van der Waals surface area contributed by atoms with E-state index in [1.54, 1.807) is 19.1 Å². The lowest BCUT2D eigenvalue weighted by Crippen LogP contribution is -2.47. The summed E-state index contributed by atoms with van der Waals surface area (Å²) in [5.41, 5.74) is 3.79. The molecule has 0 bridgehead atoms. The summed E-state index contributed by atoms with van der Waals surface area (Å²) in [6.07, 6.45) is 0. The summed E-state index contributed by atoms with van der Waals surface area (Å²) in [6, 6.07) is 16.5. The molecular weight excluding hydrogens is 438 g/mol. The first-order valence-corrected chi connectivity index (χ1v) is 11.3. The number of carbonyl (C=O) groups is 2. The third kappa shape index (κ3) is 6.18. The Hall–Kier alpha value is -3.23. The van der Waals surface area contributed by atoms with Crippen LogP contribution in [0.15, 0.2) is 65.9 Å². The Morgan fingerprint density at radius 2 is 1.79 bits per heavy atom. The molecule has 33 heavy (non-hydrogen) atoms. The summed E-state index contributed by atoms with van der Waals surface area (Å²) in [7, 11) is 0. The molecule has 1 amide bonds. The standard InChI is InChI=1S/C25H29N3O4S/c1-4-28-17(3)22(24(30)32-5-2)23(27-25(28)33)19-11-13-20(14-12-19)26-21(29)16-31-15-18-9-7-6-8-10-18/h6-14,23H,4-5,15-16H2,1-3H3,(H,26,29)(H,27,33). The lowest BCUT2D eigenvalue weighted by molar-refractivity contribution is -0.139. The van der Waals surface area contributed by atoms with Gasteiger partial charge < -0.3 is 25.0 Å². The van der Waals surface area contributed by atoms with Crippen molar-refractivity contribution in [1.29, 1.82) is 0 Å². The Balaban J connectivity index is 1.67. The van der Waals surface area contributed by atoms with Crippen LogP contribution in [0.5, 0.6) is 0 Å². The van der Waals surface area contributed by atoms with Gasteiger partial charge in [0.05, 0.1) is 24.8 Å². The highest BCUT2D eigenvalue weighted by Gasteiger charge is 2.34. The molecule has 174 valence electrons. The number of carbonyl (C=O) groups excluding carboxylic acids is 2. The van der Waals surface area contributed by atoms with E-state index in [4.69, 9.17) is 21.7 Å². The van der Waals surface area contributed by atoms with E-state index in [0.717, 1.165) is 16.8 Å². The molecule has 0 spiro atoms. The highest BCUT2D eigenvalue weighted by atomic mass is 32.1. The predicted octanol–water partition coefficient (Wildman–Crippen LogP) is 3.93. The van der Waals surface area contributed by atoms with E-state index in [9.17, 15) is 9.59 Å². The smallest absolute Gasteiger partial charge is 0.338 e. The SMILES string of the molecule is CCOC(=O)C1=C(C)N(CC)C(=S)NC1c1ccc(NC(=O)COCc2ccccc2)cc1. The highest BCUT2D eigenvalue weighted by Crippen LogP contribution is 2.31. The van der Waals surface area contributed by atoms with Gasteiger partial charge >= 0.3 is 5.97 Å². The highest BCUT2D eigenvalue weighted by molar-refractivity contribution is 7.80. The Labute approximate surface area is 199 Å². The second kappa shape index (κ2) is 11.6. The van der Waals surface area contributed by atoms with Gasteiger partial charge in [-0.15, -0.1) is 0 Å². The average molecular weight is 468 g/mol. The number of hydrogen-bond acceptors (Lipinski definition) is 5. The second-order valence-corrected chi connectivity index (χ2v) is 7.88. The first kappa shape index (κ1) is 24.4. The normalized spacial score (nSPS) is 15.8. The zero-order valence-electron chi connectivity index (χ0n) is 19.1. The van der Waals surface area contributed by atoms with Crippen molar-refractivity contribution in [2.45, 2.75) is 33.4 Å². The molecule has 0 aliphatic carbocycles. The molecule has 7 nitrogen and oxygen atoms in total. The minimum atomic E-state index is -0.432. The van der Waals surface area contributed by atoms with Crippen molar-refractivity contribution in [2.75, 3.05) is 25.1 Å². The molecule has 2 N–H and O–H groups in total. The summed E-state index contributed by atoms with van der Waals surface area (Å²) >= 11 is 5.50. The topological polar surface area (TPSA) is 79.9 Å². The minimum Gasteiger partial charge on any atom is -0.463 e. The number of nitrogens with one attached hydrogen (secondary N) is 2. The van der Waals surface area contributed by atoms with E-state index in [1.807, 2.05) is 61.2 Å². The summed E-state index contributed by atoms with van der Waals surface area (Å²) < 4.78 is 10.8. The largest absolute Gasteiger partial charge is 0.463 e. The van der Waals surface area contributed by atoms with Crippen LogP contribution in [-0.2, 0) is 25.7 Å². The van der Waals surface area contributed by atoms with Crippen LogP contribution in [0, 0.1) is 0 Å². The van der Waals surface area contributed by atoms with Crippen LogP contribution in [0.4, 0.5) is 5.69 Å². The van der Waals surface area contributed by atoms with Crippen LogP contribution in [-0.4, -0.2) is 41.6 Å². The van der Waals surface area contributed by atoms with Crippen LogP contribution >= 0.6 is 12.2 Å². The summed E-state index contributed by atoms with van der Waals surface area (Å²) in [5.74, 6) is -0.612. The molecule has 1 unspecified atom stereocenters. The third-order valence-electron chi connectivity index (χ3n) is 5.28. The summed E-state index contributed by atoms with van der Waals surface area (Å²) in [4.78, 5) is 26.8. The number of nitrogens with zero attached hydrogens (tertiary/aromatic N) is 1. The van der Waals surface area contributed by atoms with Crippen molar-refractivity contribution < 1.29 is 19.1 Å². The molecule has 2 aromatic rings. The van der Waals surface area contributed by atoms with Gasteiger partial charge in [-0.3, -0.25) is 4.79 Å². The van der Waals surface area contributed by atoms with Crippen molar-refractivity contribution in [2.24, 2.45) is 0 Å². The molecule has 1 heterocycles. The number of hydrogen-bond donors (Lipinski definition) is 2. The molecular formula is C25H29N3O4S.